The number of rotatable bonds is 3. The molecule has 5 nitrogen and oxygen atoms in total. The fraction of sp³-hybridized carbons (Fsp3) is 0.105. The Morgan fingerprint density at radius 1 is 1.19 bits per heavy atom. The minimum absolute atomic E-state index is 0.269. The molecule has 0 spiro atoms. The summed E-state index contributed by atoms with van der Waals surface area (Å²) >= 11 is 4.52. The number of hydrogen-bond acceptors (Lipinski definition) is 5. The topological polar surface area (TPSA) is 79.2 Å². The molecular formula is C19H13BrN2O3S. The van der Waals surface area contributed by atoms with Crippen LogP contribution in [0, 0.1) is 18.3 Å². The molecule has 1 heterocycles. The van der Waals surface area contributed by atoms with E-state index in [1.165, 1.54) is 7.11 Å². The molecule has 0 atom stereocenters. The highest BCUT2D eigenvalue weighted by Gasteiger charge is 2.22. The minimum Gasteiger partial charge on any atom is -0.465 e. The lowest BCUT2D eigenvalue weighted by Gasteiger charge is -2.08. The third kappa shape index (κ3) is 3.09. The van der Waals surface area contributed by atoms with Crippen LogP contribution in [0.5, 0.6) is 0 Å². The molecule has 0 unspecified atom stereocenters. The Hall–Kier alpha value is -2.69. The average Bonchev–Trinajstić information content (AvgIpc) is 2.96. The number of hydrogen-bond donors (Lipinski definition) is 1. The van der Waals surface area contributed by atoms with E-state index in [2.05, 4.69) is 21.2 Å². The first-order chi connectivity index (χ1) is 12.5. The fourth-order valence-corrected chi connectivity index (χ4v) is 4.23. The molecule has 0 aliphatic rings. The summed E-state index contributed by atoms with van der Waals surface area (Å²) in [6, 6.07) is 13.1. The molecule has 7 heteroatoms. The van der Waals surface area contributed by atoms with Gasteiger partial charge in [-0.25, -0.2) is 4.79 Å². The Kier molecular flexibility index (Phi) is 5.07. The Morgan fingerprint density at radius 3 is 2.58 bits per heavy atom. The number of halogens is 1. The van der Waals surface area contributed by atoms with Gasteiger partial charge in [0.05, 0.1) is 12.7 Å². The molecule has 26 heavy (non-hydrogen) atoms. The zero-order chi connectivity index (χ0) is 18.8. The maximum Gasteiger partial charge on any atom is 0.348 e. The van der Waals surface area contributed by atoms with E-state index in [4.69, 9.17) is 4.74 Å². The van der Waals surface area contributed by atoms with E-state index in [1.54, 1.807) is 19.1 Å². The second-order valence-electron chi connectivity index (χ2n) is 5.46. The number of methoxy groups -OCH3 is 1. The number of fused-ring (bicyclic) bond motifs is 1. The number of anilines is 1. The summed E-state index contributed by atoms with van der Waals surface area (Å²) in [5.41, 5.74) is 1.25. The highest BCUT2D eigenvalue weighted by Crippen LogP contribution is 2.34. The highest BCUT2D eigenvalue weighted by molar-refractivity contribution is 9.10. The van der Waals surface area contributed by atoms with Gasteiger partial charge >= 0.3 is 5.97 Å². The molecule has 130 valence electrons. The first kappa shape index (κ1) is 18.1. The van der Waals surface area contributed by atoms with Gasteiger partial charge in [0.1, 0.15) is 15.9 Å². The van der Waals surface area contributed by atoms with Crippen molar-refractivity contribution in [2.75, 3.05) is 12.4 Å². The Morgan fingerprint density at radius 2 is 1.88 bits per heavy atom. The third-order valence-corrected chi connectivity index (χ3v) is 5.85. The number of carbonyl (C=O) groups is 2. The van der Waals surface area contributed by atoms with E-state index < -0.39 is 5.97 Å². The molecule has 1 aromatic heterocycles. The second kappa shape index (κ2) is 7.28. The van der Waals surface area contributed by atoms with Gasteiger partial charge < -0.3 is 10.1 Å². The monoisotopic (exact) mass is 428 g/mol. The lowest BCUT2D eigenvalue weighted by atomic mass is 10.0. The van der Waals surface area contributed by atoms with Crippen molar-refractivity contribution in [2.24, 2.45) is 0 Å². The molecule has 0 saturated carbocycles. The predicted molar refractivity (Wildman–Crippen MR) is 105 cm³/mol. The van der Waals surface area contributed by atoms with Crippen molar-refractivity contribution in [1.29, 1.82) is 5.26 Å². The summed E-state index contributed by atoms with van der Waals surface area (Å²) in [5, 5.41) is 14.2. The van der Waals surface area contributed by atoms with E-state index in [9.17, 15) is 14.9 Å². The van der Waals surface area contributed by atoms with Crippen LogP contribution < -0.4 is 5.32 Å². The summed E-state index contributed by atoms with van der Waals surface area (Å²) in [6.07, 6.45) is 0. The molecule has 0 saturated heterocycles. The van der Waals surface area contributed by atoms with Crippen LogP contribution >= 0.6 is 27.3 Å². The summed E-state index contributed by atoms with van der Waals surface area (Å²) in [4.78, 5) is 25.0. The molecule has 3 rings (SSSR count). The van der Waals surface area contributed by atoms with Crippen LogP contribution in [0.1, 0.15) is 31.2 Å². The van der Waals surface area contributed by atoms with Crippen molar-refractivity contribution in [3.63, 3.8) is 0 Å². The summed E-state index contributed by atoms with van der Waals surface area (Å²) < 4.78 is 5.63. The molecule has 1 N–H and O–H groups in total. The SMILES string of the molecule is COC(=O)c1sc(NC(=O)c2cccc3c(Br)cccc23)c(C#N)c1C. The third-order valence-electron chi connectivity index (χ3n) is 3.97. The van der Waals surface area contributed by atoms with Crippen molar-refractivity contribution in [2.45, 2.75) is 6.92 Å². The summed E-state index contributed by atoms with van der Waals surface area (Å²) in [6.45, 7) is 1.66. The van der Waals surface area contributed by atoms with Gasteiger partial charge in [0.2, 0.25) is 0 Å². The van der Waals surface area contributed by atoms with Gasteiger partial charge in [-0.3, -0.25) is 4.79 Å². The van der Waals surface area contributed by atoms with Crippen molar-refractivity contribution < 1.29 is 14.3 Å². The maximum absolute atomic E-state index is 12.8. The van der Waals surface area contributed by atoms with E-state index >= 15 is 0 Å². The molecule has 2 aromatic carbocycles. The van der Waals surface area contributed by atoms with Crippen LogP contribution in [0.25, 0.3) is 10.8 Å². The second-order valence-corrected chi connectivity index (χ2v) is 7.33. The first-order valence-corrected chi connectivity index (χ1v) is 9.19. The van der Waals surface area contributed by atoms with Crippen LogP contribution in [-0.2, 0) is 4.74 Å². The van der Waals surface area contributed by atoms with Crippen molar-refractivity contribution in [3.8, 4) is 6.07 Å². The van der Waals surface area contributed by atoms with Crippen molar-refractivity contribution in [1.82, 2.24) is 0 Å². The lowest BCUT2D eigenvalue weighted by molar-refractivity contribution is 0.0605. The number of esters is 1. The quantitative estimate of drug-likeness (QED) is 0.602. The van der Waals surface area contributed by atoms with E-state index in [1.807, 2.05) is 30.3 Å². The van der Waals surface area contributed by atoms with Crippen LogP contribution in [-0.4, -0.2) is 19.0 Å². The number of benzene rings is 2. The Bertz CT molecular complexity index is 1080. The smallest absolute Gasteiger partial charge is 0.348 e. The Balaban J connectivity index is 2.03. The minimum atomic E-state index is -0.529. The highest BCUT2D eigenvalue weighted by atomic mass is 79.9. The molecule has 3 aromatic rings. The number of thiophene rings is 1. The fourth-order valence-electron chi connectivity index (χ4n) is 2.66. The summed E-state index contributed by atoms with van der Waals surface area (Å²) in [7, 11) is 1.28. The van der Waals surface area contributed by atoms with Crippen LogP contribution in [0.2, 0.25) is 0 Å². The molecule has 0 aliphatic carbocycles. The molecule has 0 bridgehead atoms. The molecule has 1 amide bonds. The number of nitriles is 1. The van der Waals surface area contributed by atoms with Gasteiger partial charge in [-0.15, -0.1) is 11.3 Å². The number of nitrogens with one attached hydrogen (secondary N) is 1. The summed E-state index contributed by atoms with van der Waals surface area (Å²) in [5.74, 6) is -0.874. The van der Waals surface area contributed by atoms with E-state index in [0.717, 1.165) is 26.6 Å². The van der Waals surface area contributed by atoms with Gasteiger partial charge in [0.15, 0.2) is 0 Å². The molecule has 0 aliphatic heterocycles. The van der Waals surface area contributed by atoms with E-state index in [-0.39, 0.29) is 11.5 Å². The Labute approximate surface area is 162 Å². The van der Waals surface area contributed by atoms with Crippen LogP contribution in [0.3, 0.4) is 0 Å². The van der Waals surface area contributed by atoms with Gasteiger partial charge in [-0.2, -0.15) is 5.26 Å². The lowest BCUT2D eigenvalue weighted by Crippen LogP contribution is -2.12. The largest absolute Gasteiger partial charge is 0.465 e. The van der Waals surface area contributed by atoms with Crippen molar-refractivity contribution >= 4 is 54.9 Å². The molecular weight excluding hydrogens is 416 g/mol. The number of nitrogens with zero attached hydrogens (tertiary/aromatic N) is 1. The zero-order valence-corrected chi connectivity index (χ0v) is 16.3. The molecule has 0 fully saturated rings. The average molecular weight is 429 g/mol. The van der Waals surface area contributed by atoms with Gasteiger partial charge in [-0.1, -0.05) is 40.2 Å². The van der Waals surface area contributed by atoms with Gasteiger partial charge in [0, 0.05) is 10.0 Å². The first-order valence-electron chi connectivity index (χ1n) is 7.58. The molecule has 0 radical (unpaired) electrons. The number of amides is 1. The van der Waals surface area contributed by atoms with E-state index in [0.29, 0.717) is 21.0 Å². The van der Waals surface area contributed by atoms with Crippen molar-refractivity contribution in [3.05, 3.63) is 62.4 Å². The zero-order valence-electron chi connectivity index (χ0n) is 13.9. The normalized spacial score (nSPS) is 10.4. The number of carbonyl (C=O) groups excluding carboxylic acids is 2. The standard InChI is InChI=1S/C19H13BrN2O3S/c1-10-14(9-21)18(26-16(10)19(24)25-2)22-17(23)13-7-3-6-12-11(13)5-4-8-15(12)20/h3-8H,1-2H3,(H,22,23). The van der Waals surface area contributed by atoms with Crippen LogP contribution in [0.4, 0.5) is 5.00 Å². The van der Waals surface area contributed by atoms with Gasteiger partial charge in [-0.05, 0) is 35.4 Å². The maximum atomic E-state index is 12.8. The van der Waals surface area contributed by atoms with Gasteiger partial charge in [0.25, 0.3) is 5.91 Å². The predicted octanol–water partition coefficient (Wildman–Crippen LogP) is 4.88. The van der Waals surface area contributed by atoms with Crippen LogP contribution in [0.15, 0.2) is 40.9 Å². The number of ether oxygens (including phenoxy) is 1.